The van der Waals surface area contributed by atoms with Gasteiger partial charge in [-0.1, -0.05) is 104 Å². The van der Waals surface area contributed by atoms with Gasteiger partial charge in [0.1, 0.15) is 5.25 Å². The summed E-state index contributed by atoms with van der Waals surface area (Å²) in [5, 5.41) is 16.7. The lowest BCUT2D eigenvalue weighted by molar-refractivity contribution is -0.137. The molecule has 0 spiro atoms. The molecule has 5 heteroatoms. The van der Waals surface area contributed by atoms with Gasteiger partial charge in [-0.25, -0.2) is 0 Å². The Labute approximate surface area is 184 Å². The number of carbonyl (C=O) groups is 2. The van der Waals surface area contributed by atoms with E-state index in [1.54, 1.807) is 11.8 Å². The van der Waals surface area contributed by atoms with Gasteiger partial charge in [-0.2, -0.15) is 0 Å². The van der Waals surface area contributed by atoms with Gasteiger partial charge in [0, 0.05) is 6.42 Å². The molecule has 0 saturated carbocycles. The molecule has 0 aliphatic heterocycles. The maximum absolute atomic E-state index is 10.9. The molecule has 0 radical (unpaired) electrons. The Kier molecular flexibility index (Phi) is 26.6. The summed E-state index contributed by atoms with van der Waals surface area (Å²) in [4.78, 5) is 20.5. The Bertz CT molecular complexity index is 361. The van der Waals surface area contributed by atoms with Crippen LogP contribution >= 0.6 is 11.8 Å². The molecule has 0 rings (SSSR count). The third kappa shape index (κ3) is 27.3. The second-order valence-corrected chi connectivity index (χ2v) is 9.16. The number of thioether (sulfide) groups is 1. The molecule has 1 unspecified atom stereocenters. The van der Waals surface area contributed by atoms with Crippen molar-refractivity contribution in [1.29, 1.82) is 0 Å². The van der Waals surface area contributed by atoms with E-state index < -0.39 is 11.9 Å². The van der Waals surface area contributed by atoms with Gasteiger partial charge in [-0.15, -0.1) is 11.8 Å². The van der Waals surface area contributed by atoms with E-state index in [0.717, 1.165) is 18.6 Å². The predicted molar refractivity (Wildman–Crippen MR) is 127 cm³/mol. The first-order valence-electron chi connectivity index (χ1n) is 12.1. The van der Waals surface area contributed by atoms with Crippen molar-refractivity contribution in [3.63, 3.8) is 0 Å². The van der Waals surface area contributed by atoms with Gasteiger partial charge in [0.2, 0.25) is 0 Å². The summed E-state index contributed by atoms with van der Waals surface area (Å²) in [5.41, 5.74) is 0. The molecule has 0 aromatic heterocycles. The van der Waals surface area contributed by atoms with Crippen LogP contribution in [0, 0.1) is 0 Å². The molecule has 0 aromatic carbocycles. The van der Waals surface area contributed by atoms with Gasteiger partial charge in [-0.3, -0.25) is 9.59 Å². The van der Waals surface area contributed by atoms with Crippen molar-refractivity contribution in [2.75, 3.05) is 5.75 Å². The predicted octanol–water partition coefficient (Wildman–Crippen LogP) is 7.94. The monoisotopic (exact) mass is 432 g/mol. The standard InChI is InChI=1S/C20H40O2S.C4H8O2/c1-3-5-6-7-8-9-10-11-12-13-14-15-16-17-18-23-19(4-2)20(21)22;1-2-3-4(5)6/h19H,3-18H2,1-2H3,(H,21,22);2-3H2,1H3,(H,5,6). The summed E-state index contributed by atoms with van der Waals surface area (Å²) < 4.78 is 0. The maximum atomic E-state index is 10.9. The minimum Gasteiger partial charge on any atom is -0.481 e. The van der Waals surface area contributed by atoms with E-state index in [1.807, 2.05) is 13.8 Å². The van der Waals surface area contributed by atoms with Gasteiger partial charge in [-0.05, 0) is 25.0 Å². The quantitative estimate of drug-likeness (QED) is 0.191. The van der Waals surface area contributed by atoms with Crippen LogP contribution in [0.2, 0.25) is 0 Å². The third-order valence-corrected chi connectivity index (χ3v) is 6.39. The normalized spacial score (nSPS) is 11.6. The van der Waals surface area contributed by atoms with Crippen LogP contribution in [-0.4, -0.2) is 33.2 Å². The number of aliphatic carboxylic acids is 2. The summed E-state index contributed by atoms with van der Waals surface area (Å²) in [7, 11) is 0. The number of hydrogen-bond donors (Lipinski definition) is 2. The lowest BCUT2D eigenvalue weighted by Crippen LogP contribution is -2.15. The highest BCUT2D eigenvalue weighted by Crippen LogP contribution is 2.18. The fraction of sp³-hybridized carbons (Fsp3) is 0.917. The lowest BCUT2D eigenvalue weighted by atomic mass is 10.0. The highest BCUT2D eigenvalue weighted by molar-refractivity contribution is 8.00. The SMILES string of the molecule is CCCC(=O)O.CCCCCCCCCCCCCCCCSC(CC)C(=O)O. The molecule has 0 saturated heterocycles. The molecule has 0 aliphatic rings. The van der Waals surface area contributed by atoms with E-state index in [-0.39, 0.29) is 5.25 Å². The highest BCUT2D eigenvalue weighted by Gasteiger charge is 2.14. The third-order valence-electron chi connectivity index (χ3n) is 4.93. The van der Waals surface area contributed by atoms with Gasteiger partial charge in [0.05, 0.1) is 0 Å². The van der Waals surface area contributed by atoms with E-state index in [0.29, 0.717) is 6.42 Å². The van der Waals surface area contributed by atoms with Gasteiger partial charge in [0.15, 0.2) is 0 Å². The van der Waals surface area contributed by atoms with Crippen LogP contribution in [0.1, 0.15) is 130 Å². The van der Waals surface area contributed by atoms with Crippen molar-refractivity contribution < 1.29 is 19.8 Å². The molecule has 0 bridgehead atoms. The van der Waals surface area contributed by atoms with Crippen LogP contribution in [-0.2, 0) is 9.59 Å². The highest BCUT2D eigenvalue weighted by atomic mass is 32.2. The van der Waals surface area contributed by atoms with Crippen molar-refractivity contribution in [2.24, 2.45) is 0 Å². The van der Waals surface area contributed by atoms with Crippen molar-refractivity contribution >= 4 is 23.7 Å². The molecule has 174 valence electrons. The van der Waals surface area contributed by atoms with Crippen LogP contribution < -0.4 is 0 Å². The van der Waals surface area contributed by atoms with Gasteiger partial charge < -0.3 is 10.2 Å². The number of carboxylic acids is 2. The zero-order valence-corrected chi connectivity index (χ0v) is 20.2. The summed E-state index contributed by atoms with van der Waals surface area (Å²) in [6, 6.07) is 0. The van der Waals surface area contributed by atoms with E-state index in [1.165, 1.54) is 89.9 Å². The molecule has 0 heterocycles. The summed E-state index contributed by atoms with van der Waals surface area (Å²) in [6.45, 7) is 6.07. The van der Waals surface area contributed by atoms with Crippen molar-refractivity contribution in [1.82, 2.24) is 0 Å². The molecular weight excluding hydrogens is 384 g/mol. The smallest absolute Gasteiger partial charge is 0.316 e. The van der Waals surface area contributed by atoms with Gasteiger partial charge in [0.25, 0.3) is 0 Å². The topological polar surface area (TPSA) is 74.6 Å². The first-order valence-corrected chi connectivity index (χ1v) is 13.1. The molecule has 0 aromatic rings. The molecule has 29 heavy (non-hydrogen) atoms. The van der Waals surface area contributed by atoms with Crippen molar-refractivity contribution in [2.45, 2.75) is 135 Å². The lowest BCUT2D eigenvalue weighted by Gasteiger charge is -2.08. The van der Waals surface area contributed by atoms with Crippen molar-refractivity contribution in [3.8, 4) is 0 Å². The largest absolute Gasteiger partial charge is 0.481 e. The molecule has 0 fully saturated rings. The van der Waals surface area contributed by atoms with Crippen molar-refractivity contribution in [3.05, 3.63) is 0 Å². The molecule has 1 atom stereocenters. The average Bonchev–Trinajstić information content (AvgIpc) is 2.68. The Balaban J connectivity index is 0. The number of unbranched alkanes of at least 4 members (excludes halogenated alkanes) is 13. The fourth-order valence-electron chi connectivity index (χ4n) is 3.10. The van der Waals surface area contributed by atoms with Crippen LogP contribution in [0.25, 0.3) is 0 Å². The molecular formula is C24H48O4S. The summed E-state index contributed by atoms with van der Waals surface area (Å²) in [5.74, 6) is -0.358. The molecule has 0 amide bonds. The molecule has 2 N–H and O–H groups in total. The van der Waals surface area contributed by atoms with Crippen LogP contribution in [0.15, 0.2) is 0 Å². The van der Waals surface area contributed by atoms with E-state index in [2.05, 4.69) is 6.92 Å². The minimum absolute atomic E-state index is 0.197. The number of hydrogen-bond acceptors (Lipinski definition) is 3. The number of rotatable bonds is 20. The van der Waals surface area contributed by atoms with E-state index >= 15 is 0 Å². The molecule has 0 aliphatic carbocycles. The van der Waals surface area contributed by atoms with E-state index in [9.17, 15) is 9.59 Å². The molecule has 4 nitrogen and oxygen atoms in total. The Morgan fingerprint density at radius 2 is 1.07 bits per heavy atom. The van der Waals surface area contributed by atoms with Crippen LogP contribution in [0.3, 0.4) is 0 Å². The maximum Gasteiger partial charge on any atom is 0.316 e. The number of carboxylic acid groups (broad SMARTS) is 2. The Morgan fingerprint density at radius 1 is 0.655 bits per heavy atom. The average molecular weight is 433 g/mol. The second kappa shape index (κ2) is 25.3. The fourth-order valence-corrected chi connectivity index (χ4v) is 4.13. The first-order chi connectivity index (χ1) is 14.0. The van der Waals surface area contributed by atoms with Gasteiger partial charge >= 0.3 is 11.9 Å². The summed E-state index contributed by atoms with van der Waals surface area (Å²) >= 11 is 1.61. The zero-order chi connectivity index (χ0) is 22.2. The van der Waals surface area contributed by atoms with Crippen LogP contribution in [0.5, 0.6) is 0 Å². The Morgan fingerprint density at radius 3 is 1.34 bits per heavy atom. The minimum atomic E-state index is -0.711. The van der Waals surface area contributed by atoms with Crippen LogP contribution in [0.4, 0.5) is 0 Å². The first kappa shape index (κ1) is 30.5. The summed E-state index contributed by atoms with van der Waals surface area (Å²) in [6.07, 6.45) is 21.0. The second-order valence-electron chi connectivity index (χ2n) is 7.85. The zero-order valence-electron chi connectivity index (χ0n) is 19.4. The Hall–Kier alpha value is -0.710. The van der Waals surface area contributed by atoms with E-state index in [4.69, 9.17) is 10.2 Å².